The van der Waals surface area contributed by atoms with Gasteiger partial charge in [0.05, 0.1) is 0 Å². The molecule has 0 saturated carbocycles. The lowest BCUT2D eigenvalue weighted by molar-refractivity contribution is -0.119. The second-order valence-corrected chi connectivity index (χ2v) is 3.72. The molecule has 94 valence electrons. The number of carbonyl (C=O) groups excluding carboxylic acids is 1. The number of aliphatic hydroxyl groups excluding tert-OH is 2. The molecular formula is C11H15FN2O3. The zero-order valence-electron chi connectivity index (χ0n) is 9.35. The molecule has 2 atom stereocenters. The van der Waals surface area contributed by atoms with Gasteiger partial charge in [-0.2, -0.15) is 0 Å². The molecule has 0 aliphatic carbocycles. The molecule has 0 fully saturated rings. The van der Waals surface area contributed by atoms with E-state index in [2.05, 4.69) is 5.32 Å². The number of carbonyl (C=O) groups is 1. The summed E-state index contributed by atoms with van der Waals surface area (Å²) in [5.74, 6) is -0.886. The van der Waals surface area contributed by atoms with Crippen LogP contribution in [0.25, 0.3) is 0 Å². The molecule has 0 heterocycles. The van der Waals surface area contributed by atoms with Gasteiger partial charge >= 0.3 is 0 Å². The van der Waals surface area contributed by atoms with E-state index in [0.29, 0.717) is 0 Å². The van der Waals surface area contributed by atoms with Gasteiger partial charge in [0.15, 0.2) is 0 Å². The fourth-order valence-corrected chi connectivity index (χ4v) is 1.37. The van der Waals surface area contributed by atoms with Crippen LogP contribution in [0, 0.1) is 5.82 Å². The minimum Gasteiger partial charge on any atom is -0.398 e. The number of amides is 1. The van der Waals surface area contributed by atoms with E-state index in [1.54, 1.807) is 0 Å². The van der Waals surface area contributed by atoms with E-state index in [1.165, 1.54) is 13.0 Å². The van der Waals surface area contributed by atoms with Crippen LogP contribution in [0.2, 0.25) is 0 Å². The van der Waals surface area contributed by atoms with Crippen LogP contribution in [-0.2, 0) is 4.79 Å². The van der Waals surface area contributed by atoms with Crippen LogP contribution in [0.4, 0.5) is 10.1 Å². The van der Waals surface area contributed by atoms with Gasteiger partial charge in [0.1, 0.15) is 18.0 Å². The van der Waals surface area contributed by atoms with Crippen molar-refractivity contribution in [1.29, 1.82) is 0 Å². The largest absolute Gasteiger partial charge is 0.398 e. The molecule has 5 N–H and O–H groups in total. The molecule has 0 aliphatic heterocycles. The number of nitrogen functional groups attached to an aromatic ring is 1. The Kier molecular flexibility index (Phi) is 4.42. The first kappa shape index (κ1) is 13.4. The summed E-state index contributed by atoms with van der Waals surface area (Å²) in [6.45, 7) is 1.15. The van der Waals surface area contributed by atoms with E-state index >= 15 is 0 Å². The predicted molar refractivity (Wildman–Crippen MR) is 60.5 cm³/mol. The van der Waals surface area contributed by atoms with Gasteiger partial charge in [0, 0.05) is 24.7 Å². The monoisotopic (exact) mass is 242 g/mol. The van der Waals surface area contributed by atoms with Crippen molar-refractivity contribution in [2.24, 2.45) is 0 Å². The van der Waals surface area contributed by atoms with Gasteiger partial charge in [-0.05, 0) is 18.2 Å². The van der Waals surface area contributed by atoms with Crippen LogP contribution in [0.5, 0.6) is 0 Å². The Balaban J connectivity index is 2.77. The van der Waals surface area contributed by atoms with Crippen LogP contribution in [0.15, 0.2) is 18.2 Å². The normalized spacial score (nSPS) is 14.1. The van der Waals surface area contributed by atoms with Crippen LogP contribution in [-0.4, -0.2) is 28.8 Å². The Hall–Kier alpha value is -1.66. The Bertz CT molecular complexity index is 412. The first-order valence-electron chi connectivity index (χ1n) is 5.07. The smallest absolute Gasteiger partial charge is 0.216 e. The Labute approximate surface area is 98.1 Å². The third kappa shape index (κ3) is 3.69. The summed E-state index contributed by atoms with van der Waals surface area (Å²) in [5.41, 5.74) is 5.84. The second-order valence-electron chi connectivity index (χ2n) is 3.72. The number of hydrogen-bond donors (Lipinski definition) is 4. The first-order valence-corrected chi connectivity index (χ1v) is 5.07. The lowest BCUT2D eigenvalue weighted by Crippen LogP contribution is -2.34. The summed E-state index contributed by atoms with van der Waals surface area (Å²) in [7, 11) is 0. The molecule has 17 heavy (non-hydrogen) atoms. The van der Waals surface area contributed by atoms with E-state index in [0.717, 1.165) is 12.1 Å². The molecule has 1 amide bonds. The molecule has 1 rings (SSSR count). The Morgan fingerprint density at radius 3 is 2.76 bits per heavy atom. The molecule has 5 nitrogen and oxygen atoms in total. The zero-order valence-corrected chi connectivity index (χ0v) is 9.35. The first-order chi connectivity index (χ1) is 7.91. The molecular weight excluding hydrogens is 227 g/mol. The van der Waals surface area contributed by atoms with Crippen molar-refractivity contribution in [3.8, 4) is 0 Å². The van der Waals surface area contributed by atoms with Gasteiger partial charge < -0.3 is 21.3 Å². The van der Waals surface area contributed by atoms with Crippen LogP contribution in [0.1, 0.15) is 18.6 Å². The van der Waals surface area contributed by atoms with Crippen molar-refractivity contribution in [3.05, 3.63) is 29.6 Å². The average molecular weight is 242 g/mol. The van der Waals surface area contributed by atoms with Gasteiger partial charge in [-0.25, -0.2) is 4.39 Å². The molecule has 0 radical (unpaired) electrons. The third-order valence-electron chi connectivity index (χ3n) is 2.29. The quantitative estimate of drug-likeness (QED) is 0.556. The Morgan fingerprint density at radius 1 is 1.53 bits per heavy atom. The summed E-state index contributed by atoms with van der Waals surface area (Å²) in [4.78, 5) is 10.6. The van der Waals surface area contributed by atoms with Gasteiger partial charge in [-0.15, -0.1) is 0 Å². The second kappa shape index (κ2) is 5.60. The average Bonchev–Trinajstić information content (AvgIpc) is 2.28. The molecule has 0 saturated heterocycles. The number of halogens is 1. The zero-order chi connectivity index (χ0) is 13.0. The summed E-state index contributed by atoms with van der Waals surface area (Å²) in [5, 5.41) is 21.7. The van der Waals surface area contributed by atoms with Crippen molar-refractivity contribution < 1.29 is 19.4 Å². The number of aliphatic hydroxyl groups is 2. The minimum atomic E-state index is -1.35. The fourth-order valence-electron chi connectivity index (χ4n) is 1.37. The van der Waals surface area contributed by atoms with E-state index < -0.39 is 18.0 Å². The molecule has 0 spiro atoms. The maximum atomic E-state index is 13.0. The van der Waals surface area contributed by atoms with Crippen molar-refractivity contribution in [1.82, 2.24) is 5.32 Å². The molecule has 1 aromatic rings. The molecule has 0 aromatic heterocycles. The SMILES string of the molecule is CC(=O)NCC(O)C(O)c1cc(F)ccc1N. The summed E-state index contributed by atoms with van der Waals surface area (Å²) in [6, 6.07) is 3.52. The topological polar surface area (TPSA) is 95.6 Å². The number of nitrogens with one attached hydrogen (secondary N) is 1. The van der Waals surface area contributed by atoms with Crippen molar-refractivity contribution in [2.45, 2.75) is 19.1 Å². The molecule has 0 aliphatic rings. The van der Waals surface area contributed by atoms with Gasteiger partial charge in [0.25, 0.3) is 0 Å². The molecule has 1 aromatic carbocycles. The lowest BCUT2D eigenvalue weighted by Gasteiger charge is -2.19. The Morgan fingerprint density at radius 2 is 2.18 bits per heavy atom. The van der Waals surface area contributed by atoms with Gasteiger partial charge in [-0.1, -0.05) is 0 Å². The highest BCUT2D eigenvalue weighted by atomic mass is 19.1. The predicted octanol–water partition coefficient (Wildman–Crippen LogP) is -0.0617. The van der Waals surface area contributed by atoms with Crippen LogP contribution in [0.3, 0.4) is 0 Å². The number of benzene rings is 1. The lowest BCUT2D eigenvalue weighted by atomic mass is 10.0. The summed E-state index contributed by atoms with van der Waals surface area (Å²) in [6.07, 6.45) is -2.60. The fraction of sp³-hybridized carbons (Fsp3) is 0.364. The number of nitrogens with two attached hydrogens (primary N) is 1. The van der Waals surface area contributed by atoms with Gasteiger partial charge in [-0.3, -0.25) is 4.79 Å². The van der Waals surface area contributed by atoms with Gasteiger partial charge in [0.2, 0.25) is 5.91 Å². The van der Waals surface area contributed by atoms with Crippen molar-refractivity contribution in [3.63, 3.8) is 0 Å². The van der Waals surface area contributed by atoms with E-state index in [1.807, 2.05) is 0 Å². The van der Waals surface area contributed by atoms with Crippen molar-refractivity contribution >= 4 is 11.6 Å². The highest BCUT2D eigenvalue weighted by Gasteiger charge is 2.21. The summed E-state index contributed by atoms with van der Waals surface area (Å²) >= 11 is 0. The van der Waals surface area contributed by atoms with E-state index in [4.69, 9.17) is 5.73 Å². The molecule has 2 unspecified atom stereocenters. The number of anilines is 1. The maximum absolute atomic E-state index is 13.0. The standard InChI is InChI=1S/C11H15FN2O3/c1-6(15)14-5-10(16)11(17)8-4-7(12)2-3-9(8)13/h2-4,10-11,16-17H,5,13H2,1H3,(H,14,15). The van der Waals surface area contributed by atoms with Crippen LogP contribution < -0.4 is 11.1 Å². The molecule has 6 heteroatoms. The van der Waals surface area contributed by atoms with Crippen molar-refractivity contribution in [2.75, 3.05) is 12.3 Å². The highest BCUT2D eigenvalue weighted by molar-refractivity contribution is 5.72. The number of rotatable bonds is 4. The number of hydrogen-bond acceptors (Lipinski definition) is 4. The highest BCUT2D eigenvalue weighted by Crippen LogP contribution is 2.23. The van der Waals surface area contributed by atoms with E-state index in [-0.39, 0.29) is 23.7 Å². The maximum Gasteiger partial charge on any atom is 0.216 e. The minimum absolute atomic E-state index is 0.0999. The third-order valence-corrected chi connectivity index (χ3v) is 2.29. The van der Waals surface area contributed by atoms with E-state index in [9.17, 15) is 19.4 Å². The summed E-state index contributed by atoms with van der Waals surface area (Å²) < 4.78 is 13.0. The van der Waals surface area contributed by atoms with Crippen LogP contribution >= 0.6 is 0 Å². The molecule has 0 bridgehead atoms.